The van der Waals surface area contributed by atoms with E-state index >= 15 is 0 Å². The molecule has 4 nitrogen and oxygen atoms in total. The van der Waals surface area contributed by atoms with Gasteiger partial charge in [0.2, 0.25) is 5.82 Å². The van der Waals surface area contributed by atoms with Crippen LogP contribution in [0.4, 0.5) is 8.78 Å². The molecule has 0 aromatic carbocycles. The zero-order valence-electron chi connectivity index (χ0n) is 7.08. The number of hydrogen-bond donors (Lipinski definition) is 0. The van der Waals surface area contributed by atoms with E-state index in [9.17, 15) is 8.78 Å². The largest absolute Gasteiger partial charge is 0.299 e. The second-order valence-corrected chi connectivity index (χ2v) is 3.09. The fourth-order valence-electron chi connectivity index (χ4n) is 1.05. The van der Waals surface area contributed by atoms with Gasteiger partial charge in [-0.05, 0) is 13.0 Å². The standard InChI is InChI=1S/C7H5ClF2N4/c1-3-2-4(8)14-7(11-3)12-6(13-14)5(9)10/h2,5H,1H3. The Morgan fingerprint density at radius 3 is 2.79 bits per heavy atom. The lowest BCUT2D eigenvalue weighted by Crippen LogP contribution is -1.94. The van der Waals surface area contributed by atoms with Crippen molar-refractivity contribution in [1.82, 2.24) is 19.6 Å². The van der Waals surface area contributed by atoms with Gasteiger partial charge in [0.15, 0.2) is 0 Å². The van der Waals surface area contributed by atoms with Gasteiger partial charge in [-0.15, -0.1) is 5.10 Å². The number of aromatic nitrogens is 4. The maximum Gasteiger partial charge on any atom is 0.299 e. The first-order chi connectivity index (χ1) is 6.58. The number of nitrogens with zero attached hydrogens (tertiary/aromatic N) is 4. The molecule has 0 aliphatic heterocycles. The van der Waals surface area contributed by atoms with Crippen LogP contribution in [0.3, 0.4) is 0 Å². The van der Waals surface area contributed by atoms with Gasteiger partial charge < -0.3 is 0 Å². The molecule has 2 rings (SSSR count). The summed E-state index contributed by atoms with van der Waals surface area (Å²) in [5, 5.41) is 3.73. The first-order valence-electron chi connectivity index (χ1n) is 3.76. The van der Waals surface area contributed by atoms with Gasteiger partial charge in [-0.1, -0.05) is 11.6 Å². The third kappa shape index (κ3) is 1.41. The molecule has 74 valence electrons. The minimum Gasteiger partial charge on any atom is -0.216 e. The van der Waals surface area contributed by atoms with Crippen molar-refractivity contribution in [2.24, 2.45) is 0 Å². The Kier molecular flexibility index (Phi) is 2.07. The number of rotatable bonds is 1. The molecular weight excluding hydrogens is 214 g/mol. The van der Waals surface area contributed by atoms with Crippen LogP contribution >= 0.6 is 11.6 Å². The van der Waals surface area contributed by atoms with Gasteiger partial charge in [0.1, 0.15) is 5.15 Å². The minimum absolute atomic E-state index is 0.0882. The van der Waals surface area contributed by atoms with Crippen LogP contribution in [0.2, 0.25) is 5.15 Å². The lowest BCUT2D eigenvalue weighted by atomic mass is 10.5. The van der Waals surface area contributed by atoms with E-state index in [1.165, 1.54) is 6.07 Å². The van der Waals surface area contributed by atoms with Gasteiger partial charge in [0.05, 0.1) is 0 Å². The summed E-state index contributed by atoms with van der Waals surface area (Å²) in [5.41, 5.74) is 0.607. The molecule has 2 aromatic rings. The monoisotopic (exact) mass is 218 g/mol. The molecular formula is C7H5ClF2N4. The molecule has 0 amide bonds. The number of halogens is 3. The zero-order valence-corrected chi connectivity index (χ0v) is 7.83. The molecule has 0 radical (unpaired) electrons. The highest BCUT2D eigenvalue weighted by Crippen LogP contribution is 2.17. The molecule has 0 saturated carbocycles. The SMILES string of the molecule is Cc1cc(Cl)n2nc(C(F)F)nc2n1. The fourth-order valence-corrected chi connectivity index (χ4v) is 1.32. The molecule has 0 bridgehead atoms. The maximum absolute atomic E-state index is 12.2. The van der Waals surface area contributed by atoms with Crippen molar-refractivity contribution in [3.05, 3.63) is 22.7 Å². The Hall–Kier alpha value is -1.30. The van der Waals surface area contributed by atoms with E-state index in [1.54, 1.807) is 6.92 Å². The van der Waals surface area contributed by atoms with Crippen molar-refractivity contribution in [2.75, 3.05) is 0 Å². The summed E-state index contributed by atoms with van der Waals surface area (Å²) in [5.74, 6) is -0.477. The van der Waals surface area contributed by atoms with Gasteiger partial charge in [0, 0.05) is 5.69 Å². The molecule has 2 aromatic heterocycles. The molecule has 7 heteroatoms. The van der Waals surface area contributed by atoms with E-state index in [0.717, 1.165) is 4.52 Å². The Morgan fingerprint density at radius 1 is 1.43 bits per heavy atom. The second kappa shape index (κ2) is 3.13. The Balaban J connectivity index is 2.70. The van der Waals surface area contributed by atoms with Crippen LogP contribution in [-0.4, -0.2) is 19.6 Å². The van der Waals surface area contributed by atoms with Crippen LogP contribution in [0.5, 0.6) is 0 Å². The average Bonchev–Trinajstić information content (AvgIpc) is 2.47. The number of hydrogen-bond acceptors (Lipinski definition) is 3. The van der Waals surface area contributed by atoms with Crippen LogP contribution in [0, 0.1) is 6.92 Å². The summed E-state index contributed by atoms with van der Waals surface area (Å²) < 4.78 is 25.5. The fraction of sp³-hybridized carbons (Fsp3) is 0.286. The van der Waals surface area contributed by atoms with Crippen LogP contribution in [-0.2, 0) is 0 Å². The van der Waals surface area contributed by atoms with Crippen molar-refractivity contribution < 1.29 is 8.78 Å². The summed E-state index contributed by atoms with van der Waals surface area (Å²) in [6.07, 6.45) is -2.71. The molecule has 14 heavy (non-hydrogen) atoms. The van der Waals surface area contributed by atoms with Crippen LogP contribution in [0.15, 0.2) is 6.07 Å². The predicted octanol–water partition coefficient (Wildman–Crippen LogP) is 2.02. The molecule has 0 fully saturated rings. The van der Waals surface area contributed by atoms with Crippen molar-refractivity contribution in [1.29, 1.82) is 0 Å². The Labute approximate surface area is 82.5 Å². The molecule has 0 unspecified atom stereocenters. The van der Waals surface area contributed by atoms with Crippen LogP contribution < -0.4 is 0 Å². The van der Waals surface area contributed by atoms with E-state index in [4.69, 9.17) is 11.6 Å². The second-order valence-electron chi connectivity index (χ2n) is 2.70. The third-order valence-corrected chi connectivity index (χ3v) is 1.88. The number of alkyl halides is 2. The van der Waals surface area contributed by atoms with E-state index in [2.05, 4.69) is 15.1 Å². The Bertz CT molecular complexity index is 482. The maximum atomic E-state index is 12.2. The predicted molar refractivity (Wildman–Crippen MR) is 45.5 cm³/mol. The summed E-state index contributed by atoms with van der Waals surface area (Å²) >= 11 is 5.76. The summed E-state index contributed by atoms with van der Waals surface area (Å²) in [6, 6.07) is 1.53. The molecule has 0 aliphatic carbocycles. The van der Waals surface area contributed by atoms with Crippen molar-refractivity contribution in [3.8, 4) is 0 Å². The lowest BCUT2D eigenvalue weighted by molar-refractivity contribution is 0.140. The van der Waals surface area contributed by atoms with Crippen molar-refractivity contribution in [3.63, 3.8) is 0 Å². The molecule has 0 N–H and O–H groups in total. The van der Waals surface area contributed by atoms with Crippen LogP contribution in [0.25, 0.3) is 5.78 Å². The summed E-state index contributed by atoms with van der Waals surface area (Å²) in [7, 11) is 0. The van der Waals surface area contributed by atoms with Crippen molar-refractivity contribution >= 4 is 17.4 Å². The molecule has 0 saturated heterocycles. The molecule has 0 spiro atoms. The van der Waals surface area contributed by atoms with Crippen LogP contribution in [0.1, 0.15) is 17.9 Å². The molecule has 0 atom stereocenters. The van der Waals surface area contributed by atoms with E-state index in [1.807, 2.05) is 0 Å². The smallest absolute Gasteiger partial charge is 0.216 e. The molecule has 2 heterocycles. The number of fused-ring (bicyclic) bond motifs is 1. The summed E-state index contributed by atoms with van der Waals surface area (Å²) in [6.45, 7) is 1.70. The van der Waals surface area contributed by atoms with Gasteiger partial charge in [-0.3, -0.25) is 0 Å². The van der Waals surface area contributed by atoms with Gasteiger partial charge in [0.25, 0.3) is 12.2 Å². The van der Waals surface area contributed by atoms with E-state index in [-0.39, 0.29) is 10.9 Å². The Morgan fingerprint density at radius 2 is 2.14 bits per heavy atom. The topological polar surface area (TPSA) is 43.1 Å². The minimum atomic E-state index is -2.71. The third-order valence-electron chi connectivity index (χ3n) is 1.61. The van der Waals surface area contributed by atoms with Gasteiger partial charge in [-0.25, -0.2) is 13.8 Å². The highest BCUT2D eigenvalue weighted by molar-refractivity contribution is 6.29. The lowest BCUT2D eigenvalue weighted by Gasteiger charge is -1.95. The average molecular weight is 219 g/mol. The summed E-state index contributed by atoms with van der Waals surface area (Å²) in [4.78, 5) is 7.45. The first-order valence-corrected chi connectivity index (χ1v) is 4.13. The van der Waals surface area contributed by atoms with E-state index in [0.29, 0.717) is 5.69 Å². The van der Waals surface area contributed by atoms with Gasteiger partial charge >= 0.3 is 0 Å². The number of aryl methyl sites for hydroxylation is 1. The quantitative estimate of drug-likeness (QED) is 0.688. The highest BCUT2D eigenvalue weighted by Gasteiger charge is 2.16. The zero-order chi connectivity index (χ0) is 10.3. The van der Waals surface area contributed by atoms with Crippen molar-refractivity contribution in [2.45, 2.75) is 13.3 Å². The molecule has 0 aliphatic rings. The first kappa shape index (κ1) is 9.26. The normalized spacial score (nSPS) is 11.5. The van der Waals surface area contributed by atoms with E-state index < -0.39 is 12.2 Å². The van der Waals surface area contributed by atoms with Gasteiger partial charge in [-0.2, -0.15) is 9.50 Å². The highest BCUT2D eigenvalue weighted by atomic mass is 35.5.